The van der Waals surface area contributed by atoms with Crippen molar-refractivity contribution in [3.63, 3.8) is 0 Å². The molecule has 0 atom stereocenters. The summed E-state index contributed by atoms with van der Waals surface area (Å²) in [6.07, 6.45) is 0. The number of aromatic nitrogens is 2. The molecule has 5 nitrogen and oxygen atoms in total. The van der Waals surface area contributed by atoms with E-state index in [1.165, 1.54) is 39.1 Å². The van der Waals surface area contributed by atoms with Gasteiger partial charge in [-0.2, -0.15) is 5.26 Å². The van der Waals surface area contributed by atoms with Crippen LogP contribution in [0.5, 0.6) is 0 Å². The molecule has 2 aliphatic rings. The van der Waals surface area contributed by atoms with Crippen LogP contribution in [0.3, 0.4) is 0 Å². The number of hydrogen-bond donors (Lipinski definition) is 0. The van der Waals surface area contributed by atoms with Crippen LogP contribution in [0.4, 0.5) is 34.1 Å². The fourth-order valence-electron chi connectivity index (χ4n) is 11.4. The Morgan fingerprint density at radius 2 is 0.875 bits per heavy atom. The van der Waals surface area contributed by atoms with Gasteiger partial charge in [-0.05, 0) is 130 Å². The maximum Gasteiger partial charge on any atom is 0.252 e. The van der Waals surface area contributed by atoms with Crippen LogP contribution in [0.1, 0.15) is 5.56 Å². The predicted octanol–water partition coefficient (Wildman–Crippen LogP) is 14.8. The molecule has 0 amide bonds. The molecule has 72 heavy (non-hydrogen) atoms. The van der Waals surface area contributed by atoms with Crippen LogP contribution in [-0.2, 0) is 0 Å². The number of hydrogen-bond acceptors (Lipinski definition) is 4. The second kappa shape index (κ2) is 16.8. The normalized spacial score (nSPS) is 12.3. The fourth-order valence-corrected chi connectivity index (χ4v) is 11.4. The second-order valence-corrected chi connectivity index (χ2v) is 18.6. The van der Waals surface area contributed by atoms with Crippen molar-refractivity contribution < 1.29 is 0 Å². The number of anilines is 6. The molecule has 0 saturated carbocycles. The van der Waals surface area contributed by atoms with Gasteiger partial charge in [0.25, 0.3) is 6.71 Å². The van der Waals surface area contributed by atoms with E-state index in [2.05, 4.69) is 227 Å². The molecule has 0 fully saturated rings. The Morgan fingerprint density at radius 1 is 0.361 bits per heavy atom. The molecule has 6 heteroatoms. The van der Waals surface area contributed by atoms with E-state index in [0.717, 1.165) is 83.6 Å². The van der Waals surface area contributed by atoms with E-state index in [0.29, 0.717) is 5.56 Å². The molecule has 0 saturated heterocycles. The van der Waals surface area contributed by atoms with Crippen molar-refractivity contribution in [2.45, 2.75) is 0 Å². The third-order valence-electron chi connectivity index (χ3n) is 14.6. The van der Waals surface area contributed by atoms with Gasteiger partial charge in [-0.1, -0.05) is 158 Å². The van der Waals surface area contributed by atoms with E-state index >= 15 is 0 Å². The Hall–Kier alpha value is -9.70. The molecular formula is C66H42BN5. The lowest BCUT2D eigenvalue weighted by Gasteiger charge is -2.44. The quantitative estimate of drug-likeness (QED) is 0.150. The Kier molecular flexibility index (Phi) is 9.62. The highest BCUT2D eigenvalue weighted by Crippen LogP contribution is 2.47. The molecule has 10 aromatic carbocycles. The van der Waals surface area contributed by atoms with E-state index in [-0.39, 0.29) is 6.71 Å². The maximum atomic E-state index is 10.4. The smallest absolute Gasteiger partial charge is 0.252 e. The first kappa shape index (κ1) is 41.3. The van der Waals surface area contributed by atoms with Gasteiger partial charge in [-0.3, -0.25) is 0 Å². The van der Waals surface area contributed by atoms with Gasteiger partial charge in [-0.15, -0.1) is 0 Å². The summed E-state index contributed by atoms with van der Waals surface area (Å²) >= 11 is 0. The summed E-state index contributed by atoms with van der Waals surface area (Å²) in [6.45, 7) is 0.0337. The average molecular weight is 916 g/mol. The van der Waals surface area contributed by atoms with E-state index in [4.69, 9.17) is 4.98 Å². The lowest BCUT2D eigenvalue weighted by atomic mass is 9.33. The van der Waals surface area contributed by atoms with Gasteiger partial charge in [0.2, 0.25) is 0 Å². The molecule has 0 aliphatic carbocycles. The summed E-state index contributed by atoms with van der Waals surface area (Å²) in [6, 6.07) is 93.4. The van der Waals surface area contributed by atoms with Gasteiger partial charge in [0.15, 0.2) is 0 Å². The van der Waals surface area contributed by atoms with Crippen molar-refractivity contribution in [2.75, 3.05) is 9.80 Å². The summed E-state index contributed by atoms with van der Waals surface area (Å²) in [4.78, 5) is 10.1. The Morgan fingerprint density at radius 3 is 1.46 bits per heavy atom. The predicted molar refractivity (Wildman–Crippen MR) is 299 cm³/mol. The van der Waals surface area contributed by atoms with Gasteiger partial charge in [0.05, 0.1) is 39.7 Å². The van der Waals surface area contributed by atoms with Gasteiger partial charge < -0.3 is 14.4 Å². The highest BCUT2D eigenvalue weighted by atomic mass is 15.2. The molecule has 0 bridgehead atoms. The van der Waals surface area contributed by atoms with Crippen LogP contribution >= 0.6 is 0 Å². The van der Waals surface area contributed by atoms with Crippen molar-refractivity contribution >= 4 is 79.0 Å². The van der Waals surface area contributed by atoms with Crippen LogP contribution in [0.2, 0.25) is 0 Å². The Balaban J connectivity index is 1.00. The molecule has 334 valence electrons. The Labute approximate surface area is 418 Å². The highest BCUT2D eigenvalue weighted by molar-refractivity contribution is 7.00. The molecule has 2 aliphatic heterocycles. The lowest BCUT2D eigenvalue weighted by Crippen LogP contribution is -2.61. The Bertz CT molecular complexity index is 3960. The molecular weight excluding hydrogens is 874 g/mol. The van der Waals surface area contributed by atoms with Crippen molar-refractivity contribution in [3.8, 4) is 56.5 Å². The molecule has 0 N–H and O–H groups in total. The minimum absolute atomic E-state index is 0.0337. The minimum Gasteiger partial charge on any atom is -0.311 e. The summed E-state index contributed by atoms with van der Waals surface area (Å²) in [5.74, 6) is 0. The molecule has 4 heterocycles. The first-order chi connectivity index (χ1) is 35.7. The third kappa shape index (κ3) is 6.60. The van der Waals surface area contributed by atoms with Crippen LogP contribution in [0.25, 0.3) is 72.3 Å². The van der Waals surface area contributed by atoms with Crippen LogP contribution in [0, 0.1) is 11.3 Å². The highest BCUT2D eigenvalue weighted by Gasteiger charge is 2.43. The zero-order chi connectivity index (χ0) is 47.7. The maximum absolute atomic E-state index is 10.4. The molecule has 2 aromatic heterocycles. The van der Waals surface area contributed by atoms with E-state index in [9.17, 15) is 5.26 Å². The molecule has 14 rings (SSSR count). The number of benzene rings is 10. The number of nitriles is 1. The van der Waals surface area contributed by atoms with Crippen molar-refractivity contribution in [3.05, 3.63) is 260 Å². The van der Waals surface area contributed by atoms with E-state index < -0.39 is 0 Å². The minimum atomic E-state index is 0.0337. The molecule has 0 radical (unpaired) electrons. The first-order valence-electron chi connectivity index (χ1n) is 24.5. The summed E-state index contributed by atoms with van der Waals surface area (Å²) in [5.41, 5.74) is 22.5. The standard InChI is InChI=1S/C66H42BN5/c68-43-44-33-35-60(53(37-44)49-39-57(45-19-5-1-6-20-45)69-58(40-49)46-21-7-2-8-22-46)72-59-30-16-13-27-52(59)54-38-47(34-36-61(54)72)48-41-64-66-65(42-48)71(51-25-11-4-12-26-51)63-32-18-15-29-56(63)67(66)55-28-14-17-31-62(55)70(64)50-23-9-3-10-24-50/h1-42H. The van der Waals surface area contributed by atoms with Gasteiger partial charge in [0, 0.05) is 61.6 Å². The first-order valence-corrected chi connectivity index (χ1v) is 24.5. The van der Waals surface area contributed by atoms with E-state index in [1.54, 1.807) is 0 Å². The number of rotatable bonds is 7. The number of nitrogens with zero attached hydrogens (tertiary/aromatic N) is 5. The third-order valence-corrected chi connectivity index (χ3v) is 14.6. The molecule has 0 unspecified atom stereocenters. The van der Waals surface area contributed by atoms with E-state index in [1.807, 2.05) is 48.5 Å². The zero-order valence-electron chi connectivity index (χ0n) is 39.1. The van der Waals surface area contributed by atoms with Gasteiger partial charge >= 0.3 is 0 Å². The topological polar surface area (TPSA) is 48.1 Å². The number of para-hydroxylation sites is 5. The fraction of sp³-hybridized carbons (Fsp3) is 0. The van der Waals surface area contributed by atoms with Crippen molar-refractivity contribution in [2.24, 2.45) is 0 Å². The van der Waals surface area contributed by atoms with Gasteiger partial charge in [-0.25, -0.2) is 4.98 Å². The summed E-state index contributed by atoms with van der Waals surface area (Å²) in [5, 5.41) is 12.7. The second-order valence-electron chi connectivity index (χ2n) is 18.6. The number of pyridine rings is 1. The van der Waals surface area contributed by atoms with Crippen LogP contribution < -0.4 is 26.2 Å². The number of fused-ring (bicyclic) bond motifs is 7. The van der Waals surface area contributed by atoms with Crippen LogP contribution in [0.15, 0.2) is 255 Å². The summed E-state index contributed by atoms with van der Waals surface area (Å²) < 4.78 is 2.37. The van der Waals surface area contributed by atoms with Crippen LogP contribution in [-0.4, -0.2) is 16.3 Å². The van der Waals surface area contributed by atoms with Crippen molar-refractivity contribution in [1.82, 2.24) is 9.55 Å². The lowest BCUT2D eigenvalue weighted by molar-refractivity contribution is 1.18. The monoisotopic (exact) mass is 915 g/mol. The summed E-state index contributed by atoms with van der Waals surface area (Å²) in [7, 11) is 0. The molecule has 12 aromatic rings. The van der Waals surface area contributed by atoms with Gasteiger partial charge in [0.1, 0.15) is 0 Å². The largest absolute Gasteiger partial charge is 0.311 e. The SMILES string of the molecule is N#Cc1ccc(-n2c3ccccc3c3cc(-c4cc5c6c(c4)N(c4ccccc4)c4ccccc4B6c4ccccc4N5c4ccccc4)ccc32)c(-c2cc(-c3ccccc3)nc(-c3ccccc3)c2)c1. The molecule has 0 spiro atoms. The van der Waals surface area contributed by atoms with Crippen molar-refractivity contribution in [1.29, 1.82) is 5.26 Å². The zero-order valence-corrected chi connectivity index (χ0v) is 39.1. The average Bonchev–Trinajstić information content (AvgIpc) is 3.79.